The summed E-state index contributed by atoms with van der Waals surface area (Å²) in [5.74, 6) is 0. The minimum absolute atomic E-state index is 0.411. The van der Waals surface area contributed by atoms with Gasteiger partial charge in [-0.1, -0.05) is 0 Å². The Labute approximate surface area is 86.8 Å². The molecule has 0 spiro atoms. The van der Waals surface area contributed by atoms with Crippen molar-refractivity contribution in [2.45, 2.75) is 44.9 Å². The number of ether oxygens (including phenoxy) is 1. The van der Waals surface area contributed by atoms with Crippen molar-refractivity contribution >= 4 is 0 Å². The maximum atomic E-state index is 5.75. The normalized spacial score (nSPS) is 37.3. The van der Waals surface area contributed by atoms with Crippen molar-refractivity contribution in [1.29, 1.82) is 0 Å². The highest BCUT2D eigenvalue weighted by molar-refractivity contribution is 4.82. The fourth-order valence-electron chi connectivity index (χ4n) is 2.69. The molecule has 2 atom stereocenters. The van der Waals surface area contributed by atoms with Crippen LogP contribution in [0, 0.1) is 0 Å². The van der Waals surface area contributed by atoms with Crippen LogP contribution in [0.15, 0.2) is 0 Å². The van der Waals surface area contributed by atoms with E-state index < -0.39 is 0 Å². The molecule has 2 rings (SSSR count). The predicted octanol–water partition coefficient (Wildman–Crippen LogP) is 0.848. The van der Waals surface area contributed by atoms with Gasteiger partial charge in [0.15, 0.2) is 0 Å². The second-order valence-electron chi connectivity index (χ2n) is 4.69. The summed E-state index contributed by atoms with van der Waals surface area (Å²) >= 11 is 0. The molecule has 0 aromatic carbocycles. The van der Waals surface area contributed by atoms with Crippen LogP contribution in [0.4, 0.5) is 0 Å². The van der Waals surface area contributed by atoms with E-state index in [-0.39, 0.29) is 0 Å². The van der Waals surface area contributed by atoms with E-state index in [0.717, 1.165) is 19.1 Å². The first-order valence-electron chi connectivity index (χ1n) is 5.86. The molecule has 0 radical (unpaired) electrons. The second-order valence-corrected chi connectivity index (χ2v) is 4.69. The molecule has 3 heteroatoms. The van der Waals surface area contributed by atoms with Crippen LogP contribution in [0.1, 0.15) is 26.7 Å². The molecule has 2 unspecified atom stereocenters. The Bertz CT molecular complexity index is 170. The number of piperidine rings is 1. The van der Waals surface area contributed by atoms with Crippen molar-refractivity contribution in [2.24, 2.45) is 0 Å². The Balaban J connectivity index is 1.88. The zero-order valence-corrected chi connectivity index (χ0v) is 9.33. The third kappa shape index (κ3) is 2.47. The Hall–Kier alpha value is -0.120. The molecule has 2 aliphatic heterocycles. The van der Waals surface area contributed by atoms with Crippen LogP contribution < -0.4 is 5.32 Å². The number of hydrogen-bond acceptors (Lipinski definition) is 3. The minimum Gasteiger partial charge on any atom is -0.373 e. The van der Waals surface area contributed by atoms with E-state index in [0.29, 0.717) is 12.2 Å². The fraction of sp³-hybridized carbons (Fsp3) is 1.00. The van der Waals surface area contributed by atoms with Gasteiger partial charge in [0.05, 0.1) is 12.2 Å². The molecule has 2 fully saturated rings. The molecule has 14 heavy (non-hydrogen) atoms. The highest BCUT2D eigenvalue weighted by Crippen LogP contribution is 2.18. The molecule has 2 saturated heterocycles. The topological polar surface area (TPSA) is 24.5 Å². The van der Waals surface area contributed by atoms with Gasteiger partial charge in [0.25, 0.3) is 0 Å². The van der Waals surface area contributed by atoms with Crippen molar-refractivity contribution in [3.05, 3.63) is 0 Å². The lowest BCUT2D eigenvalue weighted by Crippen LogP contribution is -2.52. The molecular formula is C11H22N2O. The molecule has 2 aliphatic rings. The average Bonchev–Trinajstić information content (AvgIpc) is 2.18. The van der Waals surface area contributed by atoms with E-state index in [1.54, 1.807) is 0 Å². The van der Waals surface area contributed by atoms with Crippen LogP contribution in [-0.4, -0.2) is 49.3 Å². The summed E-state index contributed by atoms with van der Waals surface area (Å²) in [5, 5.41) is 3.42. The van der Waals surface area contributed by atoms with Crippen molar-refractivity contribution in [3.8, 4) is 0 Å². The van der Waals surface area contributed by atoms with Gasteiger partial charge in [-0.25, -0.2) is 0 Å². The summed E-state index contributed by atoms with van der Waals surface area (Å²) in [6, 6.07) is 0.796. The van der Waals surface area contributed by atoms with Gasteiger partial charge in [-0.15, -0.1) is 0 Å². The van der Waals surface area contributed by atoms with Gasteiger partial charge < -0.3 is 10.1 Å². The van der Waals surface area contributed by atoms with Gasteiger partial charge in [0, 0.05) is 19.1 Å². The van der Waals surface area contributed by atoms with E-state index in [1.165, 1.54) is 25.9 Å². The molecule has 0 amide bonds. The number of rotatable bonds is 1. The third-order valence-electron chi connectivity index (χ3n) is 3.27. The largest absolute Gasteiger partial charge is 0.373 e. The lowest BCUT2D eigenvalue weighted by atomic mass is 10.0. The number of morpholine rings is 1. The monoisotopic (exact) mass is 198 g/mol. The van der Waals surface area contributed by atoms with Crippen molar-refractivity contribution < 1.29 is 4.74 Å². The lowest BCUT2D eigenvalue weighted by molar-refractivity contribution is -0.0832. The van der Waals surface area contributed by atoms with Gasteiger partial charge in [0.1, 0.15) is 0 Å². The number of nitrogens with one attached hydrogen (secondary N) is 1. The molecule has 2 heterocycles. The maximum Gasteiger partial charge on any atom is 0.0678 e. The first kappa shape index (κ1) is 10.4. The Kier molecular flexibility index (Phi) is 3.42. The standard InChI is InChI=1S/C11H22N2O/c1-9-7-13(8-10(2)14-9)11-3-5-12-6-4-11/h9-12H,3-8H2,1-2H3. The first-order chi connectivity index (χ1) is 6.75. The van der Waals surface area contributed by atoms with Gasteiger partial charge in [-0.3, -0.25) is 4.90 Å². The minimum atomic E-state index is 0.411. The molecule has 82 valence electrons. The van der Waals surface area contributed by atoms with E-state index in [9.17, 15) is 0 Å². The first-order valence-corrected chi connectivity index (χ1v) is 5.86. The van der Waals surface area contributed by atoms with Crippen molar-refractivity contribution in [3.63, 3.8) is 0 Å². The zero-order chi connectivity index (χ0) is 9.97. The molecule has 1 N–H and O–H groups in total. The zero-order valence-electron chi connectivity index (χ0n) is 9.33. The summed E-state index contributed by atoms with van der Waals surface area (Å²) < 4.78 is 5.75. The second kappa shape index (κ2) is 4.60. The Morgan fingerprint density at radius 2 is 1.64 bits per heavy atom. The molecule has 0 saturated carbocycles. The molecule has 0 aliphatic carbocycles. The summed E-state index contributed by atoms with van der Waals surface area (Å²) in [4.78, 5) is 2.62. The van der Waals surface area contributed by atoms with Crippen LogP contribution in [0.2, 0.25) is 0 Å². The van der Waals surface area contributed by atoms with Gasteiger partial charge >= 0.3 is 0 Å². The third-order valence-corrected chi connectivity index (χ3v) is 3.27. The summed E-state index contributed by atoms with van der Waals surface area (Å²) in [6.07, 6.45) is 3.43. The Morgan fingerprint density at radius 3 is 2.21 bits per heavy atom. The molecular weight excluding hydrogens is 176 g/mol. The lowest BCUT2D eigenvalue weighted by Gasteiger charge is -2.41. The summed E-state index contributed by atoms with van der Waals surface area (Å²) in [6.45, 7) is 8.98. The van der Waals surface area contributed by atoms with E-state index in [2.05, 4.69) is 24.1 Å². The Morgan fingerprint density at radius 1 is 1.07 bits per heavy atom. The fourth-order valence-corrected chi connectivity index (χ4v) is 2.69. The van der Waals surface area contributed by atoms with Gasteiger partial charge in [-0.05, 0) is 39.8 Å². The van der Waals surface area contributed by atoms with Crippen LogP contribution in [0.5, 0.6) is 0 Å². The predicted molar refractivity (Wildman–Crippen MR) is 57.5 cm³/mol. The molecule has 3 nitrogen and oxygen atoms in total. The maximum absolute atomic E-state index is 5.75. The van der Waals surface area contributed by atoms with Crippen molar-refractivity contribution in [2.75, 3.05) is 26.2 Å². The van der Waals surface area contributed by atoms with Crippen LogP contribution in [-0.2, 0) is 4.74 Å². The van der Waals surface area contributed by atoms with Crippen LogP contribution >= 0.6 is 0 Å². The van der Waals surface area contributed by atoms with Crippen molar-refractivity contribution in [1.82, 2.24) is 10.2 Å². The molecule has 0 bridgehead atoms. The smallest absolute Gasteiger partial charge is 0.0678 e. The van der Waals surface area contributed by atoms with Crippen LogP contribution in [0.3, 0.4) is 0 Å². The SMILES string of the molecule is CC1CN(C2CCNCC2)CC(C)O1. The summed E-state index contributed by atoms with van der Waals surface area (Å²) in [7, 11) is 0. The quantitative estimate of drug-likeness (QED) is 0.676. The van der Waals surface area contributed by atoms with E-state index in [4.69, 9.17) is 4.74 Å². The highest BCUT2D eigenvalue weighted by atomic mass is 16.5. The molecule has 0 aromatic rings. The average molecular weight is 198 g/mol. The number of hydrogen-bond donors (Lipinski definition) is 1. The highest BCUT2D eigenvalue weighted by Gasteiger charge is 2.28. The van der Waals surface area contributed by atoms with Crippen LogP contribution in [0.25, 0.3) is 0 Å². The van der Waals surface area contributed by atoms with E-state index >= 15 is 0 Å². The van der Waals surface area contributed by atoms with Gasteiger partial charge in [-0.2, -0.15) is 0 Å². The summed E-state index contributed by atoms with van der Waals surface area (Å²) in [5.41, 5.74) is 0. The van der Waals surface area contributed by atoms with E-state index in [1.807, 2.05) is 0 Å². The van der Waals surface area contributed by atoms with Gasteiger partial charge in [0.2, 0.25) is 0 Å². The number of nitrogens with zero attached hydrogens (tertiary/aromatic N) is 1. The molecule has 0 aromatic heterocycles.